The van der Waals surface area contributed by atoms with Gasteiger partial charge >= 0.3 is 0 Å². The molecule has 7 nitrogen and oxygen atoms in total. The lowest BCUT2D eigenvalue weighted by Crippen LogP contribution is -2.65. The Kier molecular flexibility index (Phi) is 3.44. The van der Waals surface area contributed by atoms with Crippen LogP contribution in [0.15, 0.2) is 6.33 Å². The normalized spacial score (nSPS) is 29.1. The molecule has 3 fully saturated rings. The number of ether oxygens (including phenoxy) is 1. The van der Waals surface area contributed by atoms with Gasteiger partial charge in [-0.25, -0.2) is 4.68 Å². The van der Waals surface area contributed by atoms with E-state index in [4.69, 9.17) is 4.74 Å². The number of rotatable bonds is 4. The first kappa shape index (κ1) is 15.1. The molecule has 0 spiro atoms. The van der Waals surface area contributed by atoms with Gasteiger partial charge in [0, 0.05) is 31.2 Å². The van der Waals surface area contributed by atoms with E-state index < -0.39 is 0 Å². The molecule has 1 aromatic heterocycles. The van der Waals surface area contributed by atoms with Crippen LogP contribution in [0.1, 0.15) is 46.0 Å². The van der Waals surface area contributed by atoms with Crippen LogP contribution in [-0.2, 0) is 15.1 Å². The molecule has 0 aromatic carbocycles. The lowest BCUT2D eigenvalue weighted by Gasteiger charge is -2.55. The lowest BCUT2D eigenvalue weighted by atomic mass is 9.71. The van der Waals surface area contributed by atoms with Crippen LogP contribution >= 0.6 is 0 Å². The van der Waals surface area contributed by atoms with Crippen LogP contribution in [0.3, 0.4) is 0 Å². The minimum atomic E-state index is -0.327. The number of tetrazole rings is 1. The smallest absolute Gasteiger partial charge is 0.225 e. The maximum absolute atomic E-state index is 13.0. The van der Waals surface area contributed by atoms with E-state index in [0.29, 0.717) is 31.6 Å². The van der Waals surface area contributed by atoms with Crippen LogP contribution in [0.5, 0.6) is 0 Å². The molecule has 1 atom stereocenters. The summed E-state index contributed by atoms with van der Waals surface area (Å²) < 4.78 is 7.28. The minimum Gasteiger partial charge on any atom is -0.381 e. The number of amides is 1. The van der Waals surface area contributed by atoms with Crippen molar-refractivity contribution in [2.45, 2.75) is 57.5 Å². The van der Waals surface area contributed by atoms with E-state index in [1.807, 2.05) is 0 Å². The molecule has 3 aliphatic rings. The third kappa shape index (κ3) is 2.55. The van der Waals surface area contributed by atoms with E-state index in [1.165, 1.54) is 12.8 Å². The second-order valence-corrected chi connectivity index (χ2v) is 8.06. The van der Waals surface area contributed by atoms with E-state index in [9.17, 15) is 4.79 Å². The Morgan fingerprint density at radius 3 is 2.61 bits per heavy atom. The molecular formula is C16H25N5O2. The lowest BCUT2D eigenvalue weighted by molar-refractivity contribution is -0.157. The van der Waals surface area contributed by atoms with E-state index in [-0.39, 0.29) is 16.9 Å². The van der Waals surface area contributed by atoms with Gasteiger partial charge in [-0.05, 0) is 42.0 Å². The Balaban J connectivity index is 1.52. The Hall–Kier alpha value is -1.50. The SMILES string of the molecule is CC1(C)CN(C(=O)CC2(n3cnnn3)CCOCC2)C1C1CC1. The summed E-state index contributed by atoms with van der Waals surface area (Å²) in [5, 5.41) is 11.6. The fraction of sp³-hybridized carbons (Fsp3) is 0.875. The number of carbonyl (C=O) groups excluding carboxylic acids is 1. The summed E-state index contributed by atoms with van der Waals surface area (Å²) in [5.41, 5.74) is -0.0683. The highest BCUT2D eigenvalue weighted by Crippen LogP contribution is 2.50. The first-order valence-electron chi connectivity index (χ1n) is 8.63. The Bertz CT molecular complexity index is 575. The van der Waals surface area contributed by atoms with Gasteiger partial charge in [0.15, 0.2) is 0 Å². The van der Waals surface area contributed by atoms with Gasteiger partial charge in [0.2, 0.25) is 5.91 Å². The van der Waals surface area contributed by atoms with Crippen molar-refractivity contribution in [1.82, 2.24) is 25.1 Å². The molecule has 1 aromatic rings. The number of hydrogen-bond donors (Lipinski definition) is 0. The second-order valence-electron chi connectivity index (χ2n) is 8.06. The van der Waals surface area contributed by atoms with E-state index in [1.54, 1.807) is 11.0 Å². The van der Waals surface area contributed by atoms with Crippen molar-refractivity contribution >= 4 is 5.91 Å². The van der Waals surface area contributed by atoms with Crippen molar-refractivity contribution in [3.63, 3.8) is 0 Å². The number of aromatic nitrogens is 4. The quantitative estimate of drug-likeness (QED) is 0.834. The maximum Gasteiger partial charge on any atom is 0.225 e. The zero-order valence-corrected chi connectivity index (χ0v) is 13.9. The molecule has 1 amide bonds. The Labute approximate surface area is 136 Å². The molecule has 0 N–H and O–H groups in total. The van der Waals surface area contributed by atoms with Crippen molar-refractivity contribution in [3.05, 3.63) is 6.33 Å². The summed E-state index contributed by atoms with van der Waals surface area (Å²) in [4.78, 5) is 15.1. The standard InChI is InChI=1S/C16H25N5O2/c1-15(2)10-20(14(15)12-3-4-12)13(22)9-16(5-7-23-8-6-16)21-11-17-18-19-21/h11-12,14H,3-10H2,1-2H3. The number of carbonyl (C=O) groups is 1. The van der Waals surface area contributed by atoms with Crippen molar-refractivity contribution in [2.75, 3.05) is 19.8 Å². The predicted molar refractivity (Wildman–Crippen MR) is 82.5 cm³/mol. The van der Waals surface area contributed by atoms with Gasteiger partial charge in [-0.15, -0.1) is 5.10 Å². The molecule has 2 aliphatic heterocycles. The van der Waals surface area contributed by atoms with Gasteiger partial charge in [0.05, 0.1) is 12.0 Å². The fourth-order valence-electron chi connectivity index (χ4n) is 4.49. The molecule has 0 bridgehead atoms. The summed E-state index contributed by atoms with van der Waals surface area (Å²) in [6, 6.07) is 0.417. The molecule has 126 valence electrons. The van der Waals surface area contributed by atoms with Crippen LogP contribution in [0.25, 0.3) is 0 Å². The summed E-state index contributed by atoms with van der Waals surface area (Å²) in [7, 11) is 0. The van der Waals surface area contributed by atoms with E-state index >= 15 is 0 Å². The summed E-state index contributed by atoms with van der Waals surface area (Å²) in [5.74, 6) is 0.958. The van der Waals surface area contributed by atoms with Crippen molar-refractivity contribution in [2.24, 2.45) is 11.3 Å². The summed E-state index contributed by atoms with van der Waals surface area (Å²) >= 11 is 0. The molecule has 23 heavy (non-hydrogen) atoms. The van der Waals surface area contributed by atoms with Crippen LogP contribution < -0.4 is 0 Å². The molecule has 0 radical (unpaired) electrons. The van der Waals surface area contributed by atoms with Crippen molar-refractivity contribution in [3.8, 4) is 0 Å². The minimum absolute atomic E-state index is 0.249. The van der Waals surface area contributed by atoms with Gasteiger partial charge in [-0.1, -0.05) is 13.8 Å². The summed E-state index contributed by atoms with van der Waals surface area (Å²) in [6.07, 6.45) is 6.22. The number of hydrogen-bond acceptors (Lipinski definition) is 5. The average Bonchev–Trinajstić information content (AvgIpc) is 3.15. The Morgan fingerprint density at radius 1 is 1.30 bits per heavy atom. The largest absolute Gasteiger partial charge is 0.381 e. The highest BCUT2D eigenvalue weighted by molar-refractivity contribution is 5.79. The molecule has 1 unspecified atom stereocenters. The Morgan fingerprint density at radius 2 is 2.04 bits per heavy atom. The van der Waals surface area contributed by atoms with E-state index in [0.717, 1.165) is 19.4 Å². The van der Waals surface area contributed by atoms with Crippen LogP contribution in [0.4, 0.5) is 0 Å². The highest BCUT2D eigenvalue weighted by atomic mass is 16.5. The average molecular weight is 319 g/mol. The zero-order valence-electron chi connectivity index (χ0n) is 13.9. The van der Waals surface area contributed by atoms with Gasteiger partial charge in [0.1, 0.15) is 6.33 Å². The van der Waals surface area contributed by atoms with Crippen molar-refractivity contribution in [1.29, 1.82) is 0 Å². The van der Waals surface area contributed by atoms with Gasteiger partial charge in [-0.3, -0.25) is 4.79 Å². The van der Waals surface area contributed by atoms with Crippen LogP contribution in [-0.4, -0.2) is 56.8 Å². The molecule has 4 rings (SSSR count). The molecule has 1 aliphatic carbocycles. The maximum atomic E-state index is 13.0. The van der Waals surface area contributed by atoms with Crippen molar-refractivity contribution < 1.29 is 9.53 Å². The van der Waals surface area contributed by atoms with Crippen LogP contribution in [0, 0.1) is 11.3 Å². The molecule has 7 heteroatoms. The monoisotopic (exact) mass is 319 g/mol. The number of likely N-dealkylation sites (tertiary alicyclic amines) is 1. The fourth-order valence-corrected chi connectivity index (χ4v) is 4.49. The van der Waals surface area contributed by atoms with Gasteiger partial charge < -0.3 is 9.64 Å². The third-order valence-electron chi connectivity index (χ3n) is 5.84. The predicted octanol–water partition coefficient (Wildman–Crippen LogP) is 1.22. The molecular weight excluding hydrogens is 294 g/mol. The zero-order chi connectivity index (χ0) is 16.1. The third-order valence-corrected chi connectivity index (χ3v) is 5.84. The van der Waals surface area contributed by atoms with E-state index in [2.05, 4.69) is 34.3 Å². The van der Waals surface area contributed by atoms with Gasteiger partial charge in [-0.2, -0.15) is 0 Å². The van der Waals surface area contributed by atoms with Crippen LogP contribution in [0.2, 0.25) is 0 Å². The number of nitrogens with zero attached hydrogens (tertiary/aromatic N) is 5. The topological polar surface area (TPSA) is 73.1 Å². The summed E-state index contributed by atoms with van der Waals surface area (Å²) in [6.45, 7) is 6.75. The molecule has 1 saturated carbocycles. The molecule has 2 saturated heterocycles. The first-order valence-corrected chi connectivity index (χ1v) is 8.63. The van der Waals surface area contributed by atoms with Gasteiger partial charge in [0.25, 0.3) is 0 Å². The first-order chi connectivity index (χ1) is 11.0. The highest BCUT2D eigenvalue weighted by Gasteiger charge is 2.55. The second kappa shape index (κ2) is 5.26. The molecule has 3 heterocycles.